The lowest BCUT2D eigenvalue weighted by Crippen LogP contribution is -2.39. The van der Waals surface area contributed by atoms with Gasteiger partial charge in [0.15, 0.2) is 0 Å². The molecule has 0 unspecified atom stereocenters. The van der Waals surface area contributed by atoms with E-state index in [-0.39, 0.29) is 5.91 Å². The number of carbonyl (C=O) groups is 1. The highest BCUT2D eigenvalue weighted by atomic mass is 79.9. The molecule has 110 valence electrons. The molecule has 0 radical (unpaired) electrons. The molecule has 0 atom stereocenters. The maximum absolute atomic E-state index is 12.1. The van der Waals surface area contributed by atoms with Crippen LogP contribution in [0, 0.1) is 5.92 Å². The second kappa shape index (κ2) is 7.43. The zero-order valence-electron chi connectivity index (χ0n) is 11.7. The molecule has 0 spiro atoms. The lowest BCUT2D eigenvalue weighted by atomic mass is 9.99. The van der Waals surface area contributed by atoms with Gasteiger partial charge in [0, 0.05) is 17.6 Å². The lowest BCUT2D eigenvalue weighted by molar-refractivity contribution is 0.0944. The Balaban J connectivity index is 1.79. The molecule has 0 aliphatic carbocycles. The lowest BCUT2D eigenvalue weighted by Gasteiger charge is -2.30. The summed E-state index contributed by atoms with van der Waals surface area (Å²) in [6.07, 6.45) is 2.51. The van der Waals surface area contributed by atoms with E-state index in [0.717, 1.165) is 30.0 Å². The Labute approximate surface area is 133 Å². The van der Waals surface area contributed by atoms with Crippen molar-refractivity contribution in [3.05, 3.63) is 33.3 Å². The summed E-state index contributed by atoms with van der Waals surface area (Å²) in [6.45, 7) is 6.14. The highest BCUT2D eigenvalue weighted by molar-refractivity contribution is 9.10. The average Bonchev–Trinajstić information content (AvgIpc) is 2.44. The van der Waals surface area contributed by atoms with Gasteiger partial charge in [0.1, 0.15) is 0 Å². The van der Waals surface area contributed by atoms with Gasteiger partial charge >= 0.3 is 0 Å². The third-order valence-corrected chi connectivity index (χ3v) is 5.08. The predicted molar refractivity (Wildman–Crippen MR) is 86.3 cm³/mol. The number of hydrogen-bond donors (Lipinski definition) is 1. The van der Waals surface area contributed by atoms with Gasteiger partial charge in [-0.2, -0.15) is 0 Å². The molecule has 1 N–H and O–H groups in total. The van der Waals surface area contributed by atoms with Gasteiger partial charge in [0.05, 0.1) is 10.6 Å². The van der Waals surface area contributed by atoms with Gasteiger partial charge in [-0.3, -0.25) is 4.79 Å². The number of piperidine rings is 1. The number of amides is 1. The predicted octanol–water partition coefficient (Wildman–Crippen LogP) is 3.56. The number of halogens is 2. The minimum absolute atomic E-state index is 0.110. The second-order valence-electron chi connectivity index (χ2n) is 5.38. The van der Waals surface area contributed by atoms with Gasteiger partial charge in [-0.1, -0.05) is 24.6 Å². The number of hydrogen-bond acceptors (Lipinski definition) is 2. The smallest absolute Gasteiger partial charge is 0.252 e. The summed E-state index contributed by atoms with van der Waals surface area (Å²) < 4.78 is 0.747. The third kappa shape index (κ3) is 4.21. The third-order valence-electron chi connectivity index (χ3n) is 3.79. The first kappa shape index (κ1) is 15.8. The van der Waals surface area contributed by atoms with Crippen LogP contribution in [-0.4, -0.2) is 37.0 Å². The van der Waals surface area contributed by atoms with Crippen molar-refractivity contribution >= 4 is 33.4 Å². The van der Waals surface area contributed by atoms with Crippen LogP contribution in [0.25, 0.3) is 0 Å². The van der Waals surface area contributed by atoms with Crippen molar-refractivity contribution in [2.24, 2.45) is 5.92 Å². The highest BCUT2D eigenvalue weighted by Crippen LogP contribution is 2.25. The van der Waals surface area contributed by atoms with Crippen LogP contribution in [0.4, 0.5) is 0 Å². The normalized spacial score (nSPS) is 17.1. The Morgan fingerprint density at radius 3 is 2.85 bits per heavy atom. The maximum atomic E-state index is 12.1. The van der Waals surface area contributed by atoms with Gasteiger partial charge in [-0.05, 0) is 59.9 Å². The first-order valence-corrected chi connectivity index (χ1v) is 8.19. The van der Waals surface area contributed by atoms with Gasteiger partial charge in [0.25, 0.3) is 5.91 Å². The van der Waals surface area contributed by atoms with Crippen molar-refractivity contribution in [2.45, 2.75) is 19.8 Å². The fourth-order valence-electron chi connectivity index (χ4n) is 2.39. The van der Waals surface area contributed by atoms with Crippen molar-refractivity contribution in [1.82, 2.24) is 10.2 Å². The molecule has 1 aromatic rings. The Morgan fingerprint density at radius 2 is 2.15 bits per heavy atom. The molecule has 5 heteroatoms. The van der Waals surface area contributed by atoms with Crippen molar-refractivity contribution in [3.63, 3.8) is 0 Å². The second-order valence-corrected chi connectivity index (χ2v) is 6.61. The van der Waals surface area contributed by atoms with E-state index in [0.29, 0.717) is 17.1 Å². The molecule has 1 aliphatic rings. The number of carbonyl (C=O) groups excluding carboxylic acids is 1. The van der Waals surface area contributed by atoms with E-state index in [9.17, 15) is 4.79 Å². The van der Waals surface area contributed by atoms with Crippen molar-refractivity contribution in [2.75, 3.05) is 26.2 Å². The van der Waals surface area contributed by atoms with Crippen LogP contribution in [0.3, 0.4) is 0 Å². The molecule has 1 saturated heterocycles. The Morgan fingerprint density at radius 1 is 1.45 bits per heavy atom. The van der Waals surface area contributed by atoms with E-state index in [2.05, 4.69) is 33.1 Å². The molecule has 1 aliphatic heterocycles. The minimum Gasteiger partial charge on any atom is -0.351 e. The van der Waals surface area contributed by atoms with Crippen LogP contribution in [0.5, 0.6) is 0 Å². The maximum Gasteiger partial charge on any atom is 0.252 e. The first-order chi connectivity index (χ1) is 9.58. The molecule has 0 bridgehead atoms. The molecule has 2 rings (SSSR count). The molecule has 0 aromatic heterocycles. The summed E-state index contributed by atoms with van der Waals surface area (Å²) in [7, 11) is 0. The summed E-state index contributed by atoms with van der Waals surface area (Å²) in [4.78, 5) is 14.5. The van der Waals surface area contributed by atoms with Gasteiger partial charge < -0.3 is 10.2 Å². The molecule has 3 nitrogen and oxygen atoms in total. The van der Waals surface area contributed by atoms with E-state index < -0.39 is 0 Å². The fourth-order valence-corrected chi connectivity index (χ4v) is 2.97. The summed E-state index contributed by atoms with van der Waals surface area (Å²) in [5.74, 6) is 0.725. The Kier molecular flexibility index (Phi) is 5.87. The topological polar surface area (TPSA) is 32.3 Å². The molecule has 0 saturated carbocycles. The SMILES string of the molecule is CC1CCN(CCNC(=O)c2cccc(Br)c2Cl)CC1. The highest BCUT2D eigenvalue weighted by Gasteiger charge is 2.16. The van der Waals surface area contributed by atoms with E-state index in [1.807, 2.05) is 12.1 Å². The number of rotatable bonds is 4. The van der Waals surface area contributed by atoms with Gasteiger partial charge in [-0.15, -0.1) is 0 Å². The van der Waals surface area contributed by atoms with E-state index >= 15 is 0 Å². The molecule has 20 heavy (non-hydrogen) atoms. The van der Waals surface area contributed by atoms with Crippen LogP contribution in [-0.2, 0) is 0 Å². The zero-order chi connectivity index (χ0) is 14.5. The quantitative estimate of drug-likeness (QED) is 0.891. The Hall–Kier alpha value is -0.580. The molecule has 1 fully saturated rings. The summed E-state index contributed by atoms with van der Waals surface area (Å²) in [5.41, 5.74) is 0.522. The van der Waals surface area contributed by atoms with Crippen LogP contribution in [0.1, 0.15) is 30.1 Å². The number of nitrogens with one attached hydrogen (secondary N) is 1. The molecule has 1 amide bonds. The van der Waals surface area contributed by atoms with Gasteiger partial charge in [0.2, 0.25) is 0 Å². The van der Waals surface area contributed by atoms with Crippen molar-refractivity contribution in [1.29, 1.82) is 0 Å². The monoisotopic (exact) mass is 358 g/mol. The molecule has 1 aromatic carbocycles. The zero-order valence-corrected chi connectivity index (χ0v) is 14.0. The largest absolute Gasteiger partial charge is 0.351 e. The molecular formula is C15H20BrClN2O. The first-order valence-electron chi connectivity index (χ1n) is 7.02. The Bertz CT molecular complexity index is 473. The van der Waals surface area contributed by atoms with Crippen LogP contribution >= 0.6 is 27.5 Å². The van der Waals surface area contributed by atoms with E-state index in [1.54, 1.807) is 6.07 Å². The van der Waals surface area contributed by atoms with Gasteiger partial charge in [-0.25, -0.2) is 0 Å². The fraction of sp³-hybridized carbons (Fsp3) is 0.533. The minimum atomic E-state index is -0.110. The van der Waals surface area contributed by atoms with Crippen LogP contribution < -0.4 is 5.32 Å². The molecule has 1 heterocycles. The number of benzene rings is 1. The standard InChI is InChI=1S/C15H20BrClN2O/c1-11-5-8-19(9-6-11)10-7-18-15(20)12-3-2-4-13(16)14(12)17/h2-4,11H,5-10H2,1H3,(H,18,20). The molecular weight excluding hydrogens is 340 g/mol. The summed E-state index contributed by atoms with van der Waals surface area (Å²) in [5, 5.41) is 3.41. The van der Waals surface area contributed by atoms with E-state index in [1.165, 1.54) is 12.8 Å². The van der Waals surface area contributed by atoms with Crippen molar-refractivity contribution < 1.29 is 4.79 Å². The van der Waals surface area contributed by atoms with Crippen molar-refractivity contribution in [3.8, 4) is 0 Å². The van der Waals surface area contributed by atoms with Crippen LogP contribution in [0.15, 0.2) is 22.7 Å². The van der Waals surface area contributed by atoms with E-state index in [4.69, 9.17) is 11.6 Å². The summed E-state index contributed by atoms with van der Waals surface area (Å²) in [6, 6.07) is 5.38. The summed E-state index contributed by atoms with van der Waals surface area (Å²) >= 11 is 9.44. The number of nitrogens with zero attached hydrogens (tertiary/aromatic N) is 1. The average molecular weight is 360 g/mol. The number of likely N-dealkylation sites (tertiary alicyclic amines) is 1. The van der Waals surface area contributed by atoms with Crippen LogP contribution in [0.2, 0.25) is 5.02 Å².